The van der Waals surface area contributed by atoms with Gasteiger partial charge in [-0.2, -0.15) is 0 Å². The molecular formula is C14H30N4. The monoisotopic (exact) mass is 254 g/mol. The number of nitrogens with one attached hydrogen (secondary N) is 1. The Kier molecular flexibility index (Phi) is 7.09. The number of guanidine groups is 1. The van der Waals surface area contributed by atoms with Crippen LogP contribution in [-0.4, -0.2) is 43.1 Å². The van der Waals surface area contributed by atoms with Gasteiger partial charge in [0.05, 0.1) is 0 Å². The topological polar surface area (TPSA) is 53.6 Å². The van der Waals surface area contributed by atoms with Crippen LogP contribution in [0.4, 0.5) is 0 Å². The third-order valence-corrected chi connectivity index (χ3v) is 3.59. The van der Waals surface area contributed by atoms with Crippen molar-refractivity contribution in [3.05, 3.63) is 0 Å². The van der Waals surface area contributed by atoms with Crippen LogP contribution in [0, 0.1) is 0 Å². The van der Waals surface area contributed by atoms with Gasteiger partial charge in [-0.15, -0.1) is 0 Å². The van der Waals surface area contributed by atoms with Gasteiger partial charge < -0.3 is 16.0 Å². The third kappa shape index (κ3) is 6.24. The van der Waals surface area contributed by atoms with Gasteiger partial charge in [-0.05, 0) is 46.7 Å². The maximum Gasteiger partial charge on any atom is 0.188 e. The van der Waals surface area contributed by atoms with E-state index in [1.165, 1.54) is 32.1 Å². The van der Waals surface area contributed by atoms with Crippen LogP contribution in [0.3, 0.4) is 0 Å². The molecule has 106 valence electrons. The SMILES string of the molecule is CC(C)NC(N)=NCCCN(C)C1CCCCC1. The van der Waals surface area contributed by atoms with Gasteiger partial charge in [0.2, 0.25) is 0 Å². The van der Waals surface area contributed by atoms with E-state index in [-0.39, 0.29) is 0 Å². The molecule has 4 nitrogen and oxygen atoms in total. The number of hydrogen-bond acceptors (Lipinski definition) is 2. The standard InChI is InChI=1S/C14H30N4/c1-12(2)17-14(15)16-10-7-11-18(3)13-8-5-4-6-9-13/h12-13H,4-11H2,1-3H3,(H3,15,16,17). The first-order valence-electron chi connectivity index (χ1n) is 7.36. The van der Waals surface area contributed by atoms with Crippen LogP contribution in [-0.2, 0) is 0 Å². The molecule has 0 aromatic carbocycles. The number of nitrogens with zero attached hydrogens (tertiary/aromatic N) is 2. The van der Waals surface area contributed by atoms with Crippen molar-refractivity contribution in [1.29, 1.82) is 0 Å². The minimum Gasteiger partial charge on any atom is -0.370 e. The third-order valence-electron chi connectivity index (χ3n) is 3.59. The van der Waals surface area contributed by atoms with Crippen LogP contribution in [0.5, 0.6) is 0 Å². The van der Waals surface area contributed by atoms with Crippen molar-refractivity contribution in [2.24, 2.45) is 10.7 Å². The second kappa shape index (κ2) is 8.35. The summed E-state index contributed by atoms with van der Waals surface area (Å²) in [6, 6.07) is 1.16. The van der Waals surface area contributed by atoms with Crippen molar-refractivity contribution in [1.82, 2.24) is 10.2 Å². The van der Waals surface area contributed by atoms with Crippen molar-refractivity contribution < 1.29 is 0 Å². The van der Waals surface area contributed by atoms with Crippen molar-refractivity contribution in [2.75, 3.05) is 20.1 Å². The summed E-state index contributed by atoms with van der Waals surface area (Å²) >= 11 is 0. The van der Waals surface area contributed by atoms with E-state index in [0.717, 1.165) is 25.6 Å². The molecule has 0 heterocycles. The fraction of sp³-hybridized carbons (Fsp3) is 0.929. The van der Waals surface area contributed by atoms with Gasteiger partial charge in [0.25, 0.3) is 0 Å². The van der Waals surface area contributed by atoms with E-state index in [2.05, 4.69) is 36.1 Å². The highest BCUT2D eigenvalue weighted by Crippen LogP contribution is 2.21. The van der Waals surface area contributed by atoms with Crippen LogP contribution >= 0.6 is 0 Å². The van der Waals surface area contributed by atoms with E-state index in [0.29, 0.717) is 12.0 Å². The molecule has 1 fully saturated rings. The Labute approximate surface area is 112 Å². The maximum absolute atomic E-state index is 5.76. The number of nitrogens with two attached hydrogens (primary N) is 1. The summed E-state index contributed by atoms with van der Waals surface area (Å²) in [5.41, 5.74) is 5.76. The zero-order chi connectivity index (χ0) is 13.4. The molecule has 4 heteroatoms. The normalized spacial score (nSPS) is 18.6. The highest BCUT2D eigenvalue weighted by molar-refractivity contribution is 5.77. The quantitative estimate of drug-likeness (QED) is 0.433. The largest absolute Gasteiger partial charge is 0.370 e. The summed E-state index contributed by atoms with van der Waals surface area (Å²) < 4.78 is 0. The first-order valence-corrected chi connectivity index (χ1v) is 7.36. The summed E-state index contributed by atoms with van der Waals surface area (Å²) in [6.45, 7) is 6.09. The lowest BCUT2D eigenvalue weighted by Crippen LogP contribution is -2.37. The molecule has 18 heavy (non-hydrogen) atoms. The maximum atomic E-state index is 5.76. The second-order valence-corrected chi connectivity index (χ2v) is 5.69. The fourth-order valence-electron chi connectivity index (χ4n) is 2.57. The molecule has 0 bridgehead atoms. The van der Waals surface area contributed by atoms with Gasteiger partial charge >= 0.3 is 0 Å². The van der Waals surface area contributed by atoms with Crippen LogP contribution < -0.4 is 11.1 Å². The molecule has 1 aliphatic carbocycles. The van der Waals surface area contributed by atoms with Gasteiger partial charge in [-0.25, -0.2) is 0 Å². The van der Waals surface area contributed by atoms with E-state index in [1.807, 2.05) is 0 Å². The van der Waals surface area contributed by atoms with Crippen LogP contribution in [0.25, 0.3) is 0 Å². The minimum atomic E-state index is 0.360. The molecule has 0 aromatic rings. The van der Waals surface area contributed by atoms with Crippen molar-refractivity contribution in [3.8, 4) is 0 Å². The molecular weight excluding hydrogens is 224 g/mol. The molecule has 1 rings (SSSR count). The van der Waals surface area contributed by atoms with Gasteiger partial charge in [0, 0.05) is 18.6 Å². The van der Waals surface area contributed by atoms with E-state index < -0.39 is 0 Å². The van der Waals surface area contributed by atoms with Gasteiger partial charge in [-0.3, -0.25) is 4.99 Å². The Morgan fingerprint density at radius 2 is 2.00 bits per heavy atom. The van der Waals surface area contributed by atoms with Gasteiger partial charge in [0.15, 0.2) is 5.96 Å². The first-order chi connectivity index (χ1) is 8.59. The molecule has 1 aliphatic rings. The van der Waals surface area contributed by atoms with Crippen LogP contribution in [0.1, 0.15) is 52.4 Å². The Morgan fingerprint density at radius 1 is 1.33 bits per heavy atom. The molecule has 0 radical (unpaired) electrons. The summed E-state index contributed by atoms with van der Waals surface area (Å²) in [4.78, 5) is 6.84. The number of aliphatic imine (C=N–C) groups is 1. The molecule has 3 N–H and O–H groups in total. The molecule has 1 saturated carbocycles. The highest BCUT2D eigenvalue weighted by Gasteiger charge is 2.16. The van der Waals surface area contributed by atoms with E-state index in [1.54, 1.807) is 0 Å². The van der Waals surface area contributed by atoms with Gasteiger partial charge in [-0.1, -0.05) is 19.3 Å². The number of rotatable bonds is 6. The zero-order valence-electron chi connectivity index (χ0n) is 12.3. The Morgan fingerprint density at radius 3 is 2.61 bits per heavy atom. The molecule has 0 unspecified atom stereocenters. The van der Waals surface area contributed by atoms with E-state index in [4.69, 9.17) is 5.73 Å². The summed E-state index contributed by atoms with van der Waals surface area (Å²) in [7, 11) is 2.25. The molecule has 0 amide bonds. The van der Waals surface area contributed by atoms with E-state index >= 15 is 0 Å². The Hall–Kier alpha value is -0.770. The van der Waals surface area contributed by atoms with Crippen molar-refractivity contribution >= 4 is 5.96 Å². The predicted molar refractivity (Wildman–Crippen MR) is 78.9 cm³/mol. The lowest BCUT2D eigenvalue weighted by atomic mass is 9.94. The lowest BCUT2D eigenvalue weighted by molar-refractivity contribution is 0.191. The van der Waals surface area contributed by atoms with Crippen LogP contribution in [0.2, 0.25) is 0 Å². The lowest BCUT2D eigenvalue weighted by Gasteiger charge is -2.31. The van der Waals surface area contributed by atoms with Gasteiger partial charge in [0.1, 0.15) is 0 Å². The predicted octanol–water partition coefficient (Wildman–Crippen LogP) is 1.95. The smallest absolute Gasteiger partial charge is 0.188 e. The average Bonchev–Trinajstić information content (AvgIpc) is 2.34. The molecule has 0 atom stereocenters. The molecule has 0 aliphatic heterocycles. The summed E-state index contributed by atoms with van der Waals surface area (Å²) in [6.07, 6.45) is 8.06. The Balaban J connectivity index is 2.12. The van der Waals surface area contributed by atoms with Crippen molar-refractivity contribution in [3.63, 3.8) is 0 Å². The fourth-order valence-corrected chi connectivity index (χ4v) is 2.57. The summed E-state index contributed by atoms with van der Waals surface area (Å²) in [5, 5.41) is 3.11. The summed E-state index contributed by atoms with van der Waals surface area (Å²) in [5.74, 6) is 0.574. The highest BCUT2D eigenvalue weighted by atomic mass is 15.1. The molecule has 0 aromatic heterocycles. The zero-order valence-corrected chi connectivity index (χ0v) is 12.3. The number of hydrogen-bond donors (Lipinski definition) is 2. The Bertz CT molecular complexity index is 244. The molecule has 0 saturated heterocycles. The first kappa shape index (κ1) is 15.3. The van der Waals surface area contributed by atoms with E-state index in [9.17, 15) is 0 Å². The van der Waals surface area contributed by atoms with Crippen molar-refractivity contribution in [2.45, 2.75) is 64.5 Å². The molecule has 0 spiro atoms. The average molecular weight is 254 g/mol. The minimum absolute atomic E-state index is 0.360. The van der Waals surface area contributed by atoms with Crippen LogP contribution in [0.15, 0.2) is 4.99 Å². The second-order valence-electron chi connectivity index (χ2n) is 5.69.